The van der Waals surface area contributed by atoms with E-state index in [4.69, 9.17) is 20.4 Å². The number of imidazole rings is 1. The van der Waals surface area contributed by atoms with Crippen molar-refractivity contribution in [3.8, 4) is 17.5 Å². The molecule has 0 saturated carbocycles. The summed E-state index contributed by atoms with van der Waals surface area (Å²) in [5.41, 5.74) is 1.45. The van der Waals surface area contributed by atoms with Gasteiger partial charge in [0.15, 0.2) is 22.5 Å². The summed E-state index contributed by atoms with van der Waals surface area (Å²) < 4.78 is 12.7. The van der Waals surface area contributed by atoms with Crippen LogP contribution in [-0.4, -0.2) is 14.5 Å². The van der Waals surface area contributed by atoms with Crippen molar-refractivity contribution in [2.45, 2.75) is 0 Å². The van der Waals surface area contributed by atoms with Crippen molar-refractivity contribution in [3.05, 3.63) is 54.1 Å². The van der Waals surface area contributed by atoms with Gasteiger partial charge in [-0.05, 0) is 41.9 Å². The van der Waals surface area contributed by atoms with Crippen LogP contribution in [0, 0.1) is 0 Å². The van der Waals surface area contributed by atoms with Crippen LogP contribution in [0.2, 0.25) is 5.22 Å². The maximum atomic E-state index is 5.84. The highest BCUT2D eigenvalue weighted by molar-refractivity contribution is 6.28. The Morgan fingerprint density at radius 2 is 2.05 bits per heavy atom. The van der Waals surface area contributed by atoms with Crippen LogP contribution < -0.4 is 0 Å². The minimum Gasteiger partial charge on any atom is -0.448 e. The highest BCUT2D eigenvalue weighted by Crippen LogP contribution is 2.29. The van der Waals surface area contributed by atoms with Crippen molar-refractivity contribution in [1.29, 1.82) is 0 Å². The average Bonchev–Trinajstić information content (AvgIpc) is 3.15. The third-order valence-electron chi connectivity index (χ3n) is 2.94. The second-order valence-electron chi connectivity index (χ2n) is 4.17. The summed E-state index contributed by atoms with van der Waals surface area (Å²) in [6.45, 7) is 0. The van der Waals surface area contributed by atoms with Crippen molar-refractivity contribution >= 4 is 22.8 Å². The van der Waals surface area contributed by atoms with Gasteiger partial charge in [-0.25, -0.2) is 14.5 Å². The third-order valence-corrected chi connectivity index (χ3v) is 3.14. The molecule has 20 heavy (non-hydrogen) atoms. The molecule has 0 unspecified atom stereocenters. The third kappa shape index (κ3) is 1.64. The monoisotopic (exact) mass is 285 g/mol. The molecule has 0 radical (unpaired) electrons. The molecule has 4 aromatic heterocycles. The summed E-state index contributed by atoms with van der Waals surface area (Å²) in [4.78, 5) is 8.90. The predicted octanol–water partition coefficient (Wildman–Crippen LogP) is 3.93. The van der Waals surface area contributed by atoms with Crippen LogP contribution in [0.3, 0.4) is 0 Å². The lowest BCUT2D eigenvalue weighted by molar-refractivity contribution is 0.535. The summed E-state index contributed by atoms with van der Waals surface area (Å²) in [5, 5.41) is 0.311. The summed E-state index contributed by atoms with van der Waals surface area (Å²) in [5.74, 6) is 1.78. The van der Waals surface area contributed by atoms with E-state index in [0.717, 1.165) is 5.52 Å². The molecule has 0 amide bonds. The van der Waals surface area contributed by atoms with Gasteiger partial charge >= 0.3 is 0 Å². The van der Waals surface area contributed by atoms with E-state index in [9.17, 15) is 0 Å². The number of pyridine rings is 1. The van der Waals surface area contributed by atoms with Gasteiger partial charge in [0, 0.05) is 12.3 Å². The lowest BCUT2D eigenvalue weighted by Crippen LogP contribution is -1.96. The van der Waals surface area contributed by atoms with Gasteiger partial charge in [-0.1, -0.05) is 0 Å². The first-order valence-electron chi connectivity index (χ1n) is 5.96. The van der Waals surface area contributed by atoms with E-state index in [1.54, 1.807) is 29.2 Å². The zero-order chi connectivity index (χ0) is 13.5. The minimum absolute atomic E-state index is 0.311. The average molecular weight is 286 g/mol. The Morgan fingerprint density at radius 1 is 1.10 bits per heavy atom. The zero-order valence-electron chi connectivity index (χ0n) is 10.2. The fourth-order valence-corrected chi connectivity index (χ4v) is 2.26. The number of aromatic nitrogens is 3. The molecule has 4 aromatic rings. The van der Waals surface area contributed by atoms with Crippen LogP contribution >= 0.6 is 11.6 Å². The van der Waals surface area contributed by atoms with E-state index in [1.807, 2.05) is 24.3 Å². The van der Waals surface area contributed by atoms with E-state index in [0.29, 0.717) is 28.3 Å². The van der Waals surface area contributed by atoms with Gasteiger partial charge in [0.2, 0.25) is 5.88 Å². The highest BCUT2D eigenvalue weighted by Gasteiger charge is 2.18. The molecular weight excluding hydrogens is 278 g/mol. The Balaban J connectivity index is 2.07. The lowest BCUT2D eigenvalue weighted by Gasteiger charge is -2.02. The van der Waals surface area contributed by atoms with Crippen molar-refractivity contribution in [2.75, 3.05) is 0 Å². The number of nitrogens with zero attached hydrogens (tertiary/aromatic N) is 3. The van der Waals surface area contributed by atoms with Crippen LogP contribution in [0.5, 0.6) is 0 Å². The van der Waals surface area contributed by atoms with Gasteiger partial charge in [0.05, 0.1) is 6.26 Å². The molecule has 0 aromatic carbocycles. The van der Waals surface area contributed by atoms with Crippen LogP contribution in [0.4, 0.5) is 0 Å². The number of hydrogen-bond acceptors (Lipinski definition) is 4. The largest absolute Gasteiger partial charge is 0.448 e. The van der Waals surface area contributed by atoms with Crippen LogP contribution in [-0.2, 0) is 0 Å². The first-order valence-corrected chi connectivity index (χ1v) is 6.34. The van der Waals surface area contributed by atoms with Crippen LogP contribution in [0.25, 0.3) is 28.6 Å². The smallest absolute Gasteiger partial charge is 0.206 e. The SMILES string of the molecule is Clc1ccc(-c2nc3cccnc3n2-c2ccco2)o1. The van der Waals surface area contributed by atoms with Crippen molar-refractivity contribution in [1.82, 2.24) is 14.5 Å². The molecule has 0 aliphatic rings. The van der Waals surface area contributed by atoms with Gasteiger partial charge < -0.3 is 8.83 Å². The molecule has 0 aliphatic carbocycles. The van der Waals surface area contributed by atoms with Crippen LogP contribution in [0.1, 0.15) is 0 Å². The van der Waals surface area contributed by atoms with Crippen molar-refractivity contribution in [2.24, 2.45) is 0 Å². The van der Waals surface area contributed by atoms with Gasteiger partial charge in [-0.3, -0.25) is 0 Å². The molecule has 0 atom stereocenters. The number of fused-ring (bicyclic) bond motifs is 1. The first-order chi connectivity index (χ1) is 9.83. The van der Waals surface area contributed by atoms with E-state index < -0.39 is 0 Å². The zero-order valence-corrected chi connectivity index (χ0v) is 10.9. The quantitative estimate of drug-likeness (QED) is 0.560. The lowest BCUT2D eigenvalue weighted by atomic mass is 10.4. The Hall–Kier alpha value is -2.53. The molecule has 5 nitrogen and oxygen atoms in total. The molecule has 0 aliphatic heterocycles. The minimum atomic E-state index is 0.311. The molecule has 0 saturated heterocycles. The fourth-order valence-electron chi connectivity index (χ4n) is 2.12. The fraction of sp³-hybridized carbons (Fsp3) is 0. The second-order valence-corrected chi connectivity index (χ2v) is 4.54. The number of hydrogen-bond donors (Lipinski definition) is 0. The van der Waals surface area contributed by atoms with E-state index in [2.05, 4.69) is 9.97 Å². The van der Waals surface area contributed by atoms with Crippen LogP contribution in [0.15, 0.2) is 57.7 Å². The number of furan rings is 2. The maximum Gasteiger partial charge on any atom is 0.206 e. The van der Waals surface area contributed by atoms with Crippen molar-refractivity contribution < 1.29 is 8.83 Å². The Kier molecular flexibility index (Phi) is 2.40. The highest BCUT2D eigenvalue weighted by atomic mass is 35.5. The number of rotatable bonds is 2. The topological polar surface area (TPSA) is 57.0 Å². The van der Waals surface area contributed by atoms with E-state index in [1.165, 1.54) is 0 Å². The Morgan fingerprint density at radius 3 is 2.80 bits per heavy atom. The summed E-state index contributed by atoms with van der Waals surface area (Å²) in [6, 6.07) is 10.8. The molecule has 0 N–H and O–H groups in total. The van der Waals surface area contributed by atoms with Crippen molar-refractivity contribution in [3.63, 3.8) is 0 Å². The Labute approximate surface area is 118 Å². The molecule has 98 valence electrons. The predicted molar refractivity (Wildman–Crippen MR) is 73.8 cm³/mol. The van der Waals surface area contributed by atoms with E-state index in [-0.39, 0.29) is 0 Å². The molecule has 0 spiro atoms. The standard InChI is InChI=1S/C14H8ClN3O2/c15-11-6-5-10(20-11)14-17-9-3-1-7-16-13(9)18(14)12-4-2-8-19-12/h1-8H. The first kappa shape index (κ1) is 11.3. The van der Waals surface area contributed by atoms with Gasteiger partial charge in [-0.15, -0.1) is 0 Å². The molecule has 4 rings (SSSR count). The molecule has 4 heterocycles. The molecular formula is C14H8ClN3O2. The molecule has 0 bridgehead atoms. The second kappa shape index (κ2) is 4.25. The van der Waals surface area contributed by atoms with Gasteiger partial charge in [-0.2, -0.15) is 0 Å². The van der Waals surface area contributed by atoms with E-state index >= 15 is 0 Å². The summed E-state index contributed by atoms with van der Waals surface area (Å²) in [6.07, 6.45) is 3.31. The summed E-state index contributed by atoms with van der Waals surface area (Å²) in [7, 11) is 0. The number of halogens is 1. The maximum absolute atomic E-state index is 5.84. The Bertz CT molecular complexity index is 877. The van der Waals surface area contributed by atoms with Gasteiger partial charge in [0.25, 0.3) is 0 Å². The molecule has 0 fully saturated rings. The molecule has 6 heteroatoms. The summed E-state index contributed by atoms with van der Waals surface area (Å²) >= 11 is 5.84. The van der Waals surface area contributed by atoms with Gasteiger partial charge in [0.1, 0.15) is 5.52 Å². The normalized spacial score (nSPS) is 11.2.